The van der Waals surface area contributed by atoms with Crippen LogP contribution in [0, 0.1) is 27.8 Å². The van der Waals surface area contributed by atoms with E-state index < -0.39 is 10.5 Å². The number of nitro groups is 1. The molecule has 3 rings (SSSR count). The van der Waals surface area contributed by atoms with Crippen molar-refractivity contribution in [3.63, 3.8) is 0 Å². The minimum absolute atomic E-state index is 0.118. The fraction of sp³-hybridized carbons (Fsp3) is 0.333. The van der Waals surface area contributed by atoms with Gasteiger partial charge in [-0.2, -0.15) is 0 Å². The molecular formula is C21H22FN3O3. The molecule has 0 amide bonds. The van der Waals surface area contributed by atoms with Crippen molar-refractivity contribution in [2.75, 3.05) is 25.4 Å². The third kappa shape index (κ3) is 5.06. The first-order valence-electron chi connectivity index (χ1n) is 9.07. The Balaban J connectivity index is 1.54. The van der Waals surface area contributed by atoms with Crippen molar-refractivity contribution in [3.8, 4) is 11.8 Å². The summed E-state index contributed by atoms with van der Waals surface area (Å²) in [4.78, 5) is 12.5. The standard InChI is InChI=1S/C21H22FN3O3/c22-18-6-3-17(4-7-18)15-21(26)9-12-24(13-10-21)11-1-2-16-5-8-19(23)20(14-16)25(27)28/h3-8,14,26H,9-13,15,23H2. The van der Waals surface area contributed by atoms with Crippen molar-refractivity contribution in [2.24, 2.45) is 0 Å². The van der Waals surface area contributed by atoms with Gasteiger partial charge in [0.1, 0.15) is 11.5 Å². The molecule has 0 aliphatic carbocycles. The van der Waals surface area contributed by atoms with E-state index in [4.69, 9.17) is 5.73 Å². The van der Waals surface area contributed by atoms with Crippen LogP contribution >= 0.6 is 0 Å². The van der Waals surface area contributed by atoms with Crippen LogP contribution in [0.1, 0.15) is 24.0 Å². The molecule has 1 heterocycles. The zero-order chi connectivity index (χ0) is 20.1. The summed E-state index contributed by atoms with van der Waals surface area (Å²) in [5.74, 6) is 5.68. The molecule has 28 heavy (non-hydrogen) atoms. The third-order valence-corrected chi connectivity index (χ3v) is 5.00. The Labute approximate surface area is 162 Å². The molecule has 1 fully saturated rings. The molecule has 0 bridgehead atoms. The van der Waals surface area contributed by atoms with Gasteiger partial charge in [-0.15, -0.1) is 0 Å². The number of piperidine rings is 1. The van der Waals surface area contributed by atoms with Crippen molar-refractivity contribution in [3.05, 3.63) is 69.5 Å². The number of rotatable bonds is 4. The van der Waals surface area contributed by atoms with E-state index in [1.807, 2.05) is 0 Å². The van der Waals surface area contributed by atoms with Gasteiger partial charge in [0, 0.05) is 31.1 Å². The summed E-state index contributed by atoms with van der Waals surface area (Å²) in [5, 5.41) is 21.7. The lowest BCUT2D eigenvalue weighted by atomic mass is 9.85. The van der Waals surface area contributed by atoms with Crippen LogP contribution in [-0.2, 0) is 6.42 Å². The molecule has 1 aliphatic heterocycles. The molecule has 1 saturated heterocycles. The zero-order valence-corrected chi connectivity index (χ0v) is 15.4. The number of anilines is 1. The quantitative estimate of drug-likeness (QED) is 0.367. The van der Waals surface area contributed by atoms with E-state index >= 15 is 0 Å². The Bertz CT molecular complexity index is 911. The number of likely N-dealkylation sites (tertiary alicyclic amines) is 1. The minimum Gasteiger partial charge on any atom is -0.393 e. The molecule has 0 atom stereocenters. The maximum absolute atomic E-state index is 13.0. The lowest BCUT2D eigenvalue weighted by Crippen LogP contribution is -2.45. The lowest BCUT2D eigenvalue weighted by Gasteiger charge is -2.37. The summed E-state index contributed by atoms with van der Waals surface area (Å²) in [6.45, 7) is 1.92. The monoisotopic (exact) mass is 383 g/mol. The van der Waals surface area contributed by atoms with Crippen molar-refractivity contribution in [2.45, 2.75) is 24.9 Å². The molecular weight excluding hydrogens is 361 g/mol. The van der Waals surface area contributed by atoms with Gasteiger partial charge in [0.2, 0.25) is 0 Å². The molecule has 6 nitrogen and oxygen atoms in total. The predicted molar refractivity (Wildman–Crippen MR) is 105 cm³/mol. The van der Waals surface area contributed by atoms with E-state index in [0.717, 1.165) is 5.56 Å². The molecule has 0 aromatic heterocycles. The third-order valence-electron chi connectivity index (χ3n) is 5.00. The van der Waals surface area contributed by atoms with Gasteiger partial charge in [-0.05, 0) is 42.7 Å². The molecule has 2 aromatic rings. The fourth-order valence-electron chi connectivity index (χ4n) is 3.32. The number of hydrogen-bond donors (Lipinski definition) is 2. The van der Waals surface area contributed by atoms with Gasteiger partial charge in [0.25, 0.3) is 5.69 Å². The number of nitro benzene ring substituents is 1. The Kier molecular flexibility index (Phi) is 5.93. The van der Waals surface area contributed by atoms with Crippen LogP contribution in [0.4, 0.5) is 15.8 Å². The average Bonchev–Trinajstić information content (AvgIpc) is 2.66. The van der Waals surface area contributed by atoms with Gasteiger partial charge in [-0.25, -0.2) is 4.39 Å². The van der Waals surface area contributed by atoms with Crippen LogP contribution in [0.15, 0.2) is 42.5 Å². The van der Waals surface area contributed by atoms with Gasteiger partial charge in [-0.3, -0.25) is 15.0 Å². The first-order chi connectivity index (χ1) is 13.3. The number of nitrogen functional groups attached to an aromatic ring is 1. The molecule has 0 spiro atoms. The Morgan fingerprint density at radius 1 is 1.21 bits per heavy atom. The number of halogens is 1. The van der Waals surface area contributed by atoms with Crippen LogP contribution in [0.3, 0.4) is 0 Å². The number of nitrogens with zero attached hydrogens (tertiary/aromatic N) is 2. The predicted octanol–water partition coefficient (Wildman–Crippen LogP) is 2.74. The van der Waals surface area contributed by atoms with Crippen molar-refractivity contribution < 1.29 is 14.4 Å². The Morgan fingerprint density at radius 3 is 2.54 bits per heavy atom. The first-order valence-corrected chi connectivity index (χ1v) is 9.07. The highest BCUT2D eigenvalue weighted by atomic mass is 19.1. The summed E-state index contributed by atoms with van der Waals surface area (Å²) >= 11 is 0. The summed E-state index contributed by atoms with van der Waals surface area (Å²) in [7, 11) is 0. The smallest absolute Gasteiger partial charge is 0.293 e. The fourth-order valence-corrected chi connectivity index (χ4v) is 3.32. The van der Waals surface area contributed by atoms with E-state index in [-0.39, 0.29) is 17.2 Å². The Morgan fingerprint density at radius 2 is 1.89 bits per heavy atom. The number of benzene rings is 2. The molecule has 3 N–H and O–H groups in total. The van der Waals surface area contributed by atoms with Crippen LogP contribution in [0.25, 0.3) is 0 Å². The summed E-state index contributed by atoms with van der Waals surface area (Å²) in [6.07, 6.45) is 1.72. The first kappa shape index (κ1) is 19.8. The maximum atomic E-state index is 13.0. The van der Waals surface area contributed by atoms with Crippen molar-refractivity contribution in [1.82, 2.24) is 4.90 Å². The van der Waals surface area contributed by atoms with Crippen LogP contribution in [0.2, 0.25) is 0 Å². The van der Waals surface area contributed by atoms with Gasteiger partial charge in [0.05, 0.1) is 17.1 Å². The number of nitrogens with two attached hydrogens (primary N) is 1. The van der Waals surface area contributed by atoms with E-state index in [1.54, 1.807) is 18.2 Å². The summed E-state index contributed by atoms with van der Waals surface area (Å²) in [5.41, 5.74) is 6.23. The second-order valence-electron chi connectivity index (χ2n) is 7.14. The number of aliphatic hydroxyl groups is 1. The Hall–Kier alpha value is -2.95. The average molecular weight is 383 g/mol. The van der Waals surface area contributed by atoms with Gasteiger partial charge >= 0.3 is 0 Å². The minimum atomic E-state index is -0.792. The van der Waals surface area contributed by atoms with Crippen LogP contribution < -0.4 is 5.73 Å². The van der Waals surface area contributed by atoms with E-state index in [1.165, 1.54) is 24.3 Å². The van der Waals surface area contributed by atoms with Crippen molar-refractivity contribution >= 4 is 11.4 Å². The number of hydrogen-bond acceptors (Lipinski definition) is 5. The van der Waals surface area contributed by atoms with Crippen LogP contribution in [-0.4, -0.2) is 40.2 Å². The maximum Gasteiger partial charge on any atom is 0.293 e. The van der Waals surface area contributed by atoms with Crippen molar-refractivity contribution in [1.29, 1.82) is 0 Å². The molecule has 0 radical (unpaired) electrons. The largest absolute Gasteiger partial charge is 0.393 e. The lowest BCUT2D eigenvalue weighted by molar-refractivity contribution is -0.383. The molecule has 0 unspecified atom stereocenters. The van der Waals surface area contributed by atoms with Gasteiger partial charge in [0.15, 0.2) is 0 Å². The summed E-state index contributed by atoms with van der Waals surface area (Å²) in [6, 6.07) is 10.7. The summed E-state index contributed by atoms with van der Waals surface area (Å²) < 4.78 is 13.0. The van der Waals surface area contributed by atoms with E-state index in [9.17, 15) is 19.6 Å². The highest BCUT2D eigenvalue weighted by Crippen LogP contribution is 2.26. The molecule has 7 heteroatoms. The second-order valence-corrected chi connectivity index (χ2v) is 7.14. The normalized spacial score (nSPS) is 16.2. The van der Waals surface area contributed by atoms with Gasteiger partial charge in [-0.1, -0.05) is 24.0 Å². The SMILES string of the molecule is Nc1ccc(C#CCN2CCC(O)(Cc3ccc(F)cc3)CC2)cc1[N+](=O)[O-]. The second kappa shape index (κ2) is 8.38. The molecule has 0 saturated carbocycles. The highest BCUT2D eigenvalue weighted by molar-refractivity contribution is 5.61. The van der Waals surface area contributed by atoms with E-state index in [2.05, 4.69) is 16.7 Å². The molecule has 1 aliphatic rings. The van der Waals surface area contributed by atoms with Gasteiger partial charge < -0.3 is 10.8 Å². The topological polar surface area (TPSA) is 92.6 Å². The van der Waals surface area contributed by atoms with E-state index in [0.29, 0.717) is 44.5 Å². The molecule has 146 valence electrons. The zero-order valence-electron chi connectivity index (χ0n) is 15.4. The van der Waals surface area contributed by atoms with Crippen LogP contribution in [0.5, 0.6) is 0 Å². The molecule has 2 aromatic carbocycles. The highest BCUT2D eigenvalue weighted by Gasteiger charge is 2.32.